The van der Waals surface area contributed by atoms with Gasteiger partial charge in [0.15, 0.2) is 0 Å². The van der Waals surface area contributed by atoms with Gasteiger partial charge in [0.05, 0.1) is 31.4 Å². The van der Waals surface area contributed by atoms with Crippen LogP contribution in [0.25, 0.3) is 0 Å². The van der Waals surface area contributed by atoms with Gasteiger partial charge in [-0.2, -0.15) is 0 Å². The molecule has 9 N–H and O–H groups in total. The minimum absolute atomic E-state index is 0.00222. The number of hydrogen-bond acceptors (Lipinski definition) is 9. The van der Waals surface area contributed by atoms with Crippen LogP contribution in [0.5, 0.6) is 0 Å². The van der Waals surface area contributed by atoms with E-state index in [-0.39, 0.29) is 65.9 Å². The smallest absolute Gasteiger partial charge is 0.272 e. The van der Waals surface area contributed by atoms with Crippen molar-refractivity contribution in [2.75, 3.05) is 47.4 Å². The van der Waals surface area contributed by atoms with Gasteiger partial charge in [0.2, 0.25) is 11.8 Å². The predicted molar refractivity (Wildman–Crippen MR) is 236 cm³/mol. The summed E-state index contributed by atoms with van der Waals surface area (Å²) in [6.45, 7) is 4.86. The molecule has 5 aromatic rings. The first-order valence-electron chi connectivity index (χ1n) is 19.0. The maximum atomic E-state index is 13.2. The monoisotopic (exact) mass is 920 g/mol. The normalized spacial score (nSPS) is 11.1. The summed E-state index contributed by atoms with van der Waals surface area (Å²) in [6, 6.07) is 9.53. The zero-order valence-corrected chi connectivity index (χ0v) is 36.9. The number of thiophene rings is 1. The van der Waals surface area contributed by atoms with E-state index < -0.39 is 29.5 Å². The van der Waals surface area contributed by atoms with Crippen molar-refractivity contribution < 1.29 is 33.6 Å². The molecule has 0 aliphatic rings. The molecule has 0 aliphatic carbocycles. The fourth-order valence-corrected chi connectivity index (χ4v) is 7.22. The number of nitrogens with zero attached hydrogens (tertiary/aromatic N) is 4. The van der Waals surface area contributed by atoms with Crippen LogP contribution < -0.4 is 43.0 Å². The third-order valence-corrected chi connectivity index (χ3v) is 11.0. The molecule has 0 saturated carbocycles. The molecule has 5 heterocycles. The average Bonchev–Trinajstić information content (AvgIpc) is 4.03. The maximum absolute atomic E-state index is 13.2. The number of nitrogens with one attached hydrogen (secondary N) is 7. The number of carbonyl (C=O) groups excluding carboxylic acids is 7. The van der Waals surface area contributed by atoms with Gasteiger partial charge in [0.25, 0.3) is 29.5 Å². The summed E-state index contributed by atoms with van der Waals surface area (Å²) < 4.78 is 7.03. The highest BCUT2D eigenvalue weighted by Crippen LogP contribution is 2.24. The second-order valence-electron chi connectivity index (χ2n) is 15.1. The van der Waals surface area contributed by atoms with E-state index in [2.05, 4.69) is 53.1 Å². The van der Waals surface area contributed by atoms with Gasteiger partial charge in [-0.1, -0.05) is 13.8 Å². The first kappa shape index (κ1) is 45.6. The van der Waals surface area contributed by atoms with Crippen LogP contribution >= 0.6 is 27.3 Å². The van der Waals surface area contributed by atoms with Gasteiger partial charge in [0, 0.05) is 85.5 Å². The Balaban J connectivity index is 1.05. The van der Waals surface area contributed by atoms with Crippen LogP contribution in [0.15, 0.2) is 65.0 Å². The van der Waals surface area contributed by atoms with Gasteiger partial charge >= 0.3 is 0 Å². The van der Waals surface area contributed by atoms with Crippen molar-refractivity contribution in [1.29, 1.82) is 0 Å². The van der Waals surface area contributed by atoms with Gasteiger partial charge < -0.3 is 61.2 Å². The SMILES string of the molecule is Cn1cc(NC(=O)c2cc(NC(=O)CCNC(=O)c3cc(NC(=O)c4cc(NC(=O)c5ccc(Br)s5)cn4C)cn3C)cn2C)cc1C(=O)NCCC(=O)NCC(C)(C)CN. The van der Waals surface area contributed by atoms with Gasteiger partial charge in [0.1, 0.15) is 22.8 Å². The molecule has 0 atom stereocenters. The molecule has 21 heteroatoms. The summed E-state index contributed by atoms with van der Waals surface area (Å²) in [5.41, 5.74) is 8.03. The number of nitrogens with two attached hydrogens (primary N) is 1. The van der Waals surface area contributed by atoms with E-state index >= 15 is 0 Å². The molecule has 0 aromatic carbocycles. The summed E-state index contributed by atoms with van der Waals surface area (Å²) in [6.07, 6.45) is 6.37. The molecule has 19 nitrogen and oxygen atoms in total. The number of carbonyl (C=O) groups is 7. The number of rotatable bonds is 18. The van der Waals surface area contributed by atoms with Crippen LogP contribution in [0.1, 0.15) is 78.3 Å². The molecule has 0 spiro atoms. The highest BCUT2D eigenvalue weighted by atomic mass is 79.9. The van der Waals surface area contributed by atoms with Crippen LogP contribution in [0, 0.1) is 5.41 Å². The van der Waals surface area contributed by atoms with Crippen LogP contribution in [0.4, 0.5) is 22.7 Å². The van der Waals surface area contributed by atoms with Crippen molar-refractivity contribution in [2.45, 2.75) is 26.7 Å². The summed E-state index contributed by atoms with van der Waals surface area (Å²) >= 11 is 4.63. The molecule has 0 fully saturated rings. The van der Waals surface area contributed by atoms with Crippen molar-refractivity contribution in [2.24, 2.45) is 39.3 Å². The number of hydrogen-bond donors (Lipinski definition) is 8. The Labute approximate surface area is 363 Å². The highest BCUT2D eigenvalue weighted by Gasteiger charge is 2.21. The Kier molecular flexibility index (Phi) is 14.8. The molecule has 0 aliphatic heterocycles. The molecule has 61 heavy (non-hydrogen) atoms. The van der Waals surface area contributed by atoms with Crippen molar-refractivity contribution in [3.8, 4) is 0 Å². The van der Waals surface area contributed by atoms with E-state index in [4.69, 9.17) is 5.73 Å². The number of aryl methyl sites for hydroxylation is 4. The Bertz CT molecular complexity index is 2470. The van der Waals surface area contributed by atoms with Crippen LogP contribution in [0.3, 0.4) is 0 Å². The minimum atomic E-state index is -0.483. The fraction of sp³-hybridized carbons (Fsp3) is 0.325. The molecular formula is C40H49BrN12O7S. The summed E-state index contributed by atoms with van der Waals surface area (Å²) in [7, 11) is 6.61. The lowest BCUT2D eigenvalue weighted by Gasteiger charge is -2.22. The average molecular weight is 922 g/mol. The molecule has 5 rings (SSSR count). The third kappa shape index (κ3) is 12.3. The molecular weight excluding hydrogens is 872 g/mol. The number of amides is 7. The minimum Gasteiger partial charge on any atom is -0.355 e. The first-order valence-corrected chi connectivity index (χ1v) is 20.6. The Morgan fingerprint density at radius 3 is 1.38 bits per heavy atom. The van der Waals surface area contributed by atoms with Crippen LogP contribution in [0.2, 0.25) is 0 Å². The lowest BCUT2D eigenvalue weighted by Crippen LogP contribution is -2.39. The standard InChI is InChI=1S/C40H49BrN12O7S/c1-40(2,21-42)22-45-33(54)9-11-43-35(56)27-14-24(18-50(27)3)47-37(58)29-13-23(17-52(29)5)46-34(55)10-12-44-36(57)28-15-25(19-51(28)4)48-38(59)30-16-26(20-53(30)6)49-39(60)31-7-8-32(41)61-31/h7-8,13-20H,9-12,21-22,42H2,1-6H3,(H,43,56)(H,44,57)(H,45,54)(H,46,55)(H,47,58)(H,48,59)(H,49,60). The van der Waals surface area contributed by atoms with E-state index in [9.17, 15) is 33.6 Å². The zero-order chi connectivity index (χ0) is 44.6. The molecule has 0 unspecified atom stereocenters. The van der Waals surface area contributed by atoms with Crippen molar-refractivity contribution in [3.05, 3.63) is 92.6 Å². The Morgan fingerprint density at radius 1 is 0.574 bits per heavy atom. The van der Waals surface area contributed by atoms with E-state index in [1.165, 1.54) is 38.7 Å². The Morgan fingerprint density at radius 2 is 0.967 bits per heavy atom. The van der Waals surface area contributed by atoms with E-state index in [1.807, 2.05) is 13.8 Å². The quantitative estimate of drug-likeness (QED) is 0.0644. The summed E-state index contributed by atoms with van der Waals surface area (Å²) in [4.78, 5) is 90.1. The number of anilines is 4. The number of aromatic nitrogens is 4. The zero-order valence-electron chi connectivity index (χ0n) is 34.5. The molecule has 0 radical (unpaired) electrons. The second kappa shape index (κ2) is 19.7. The lowest BCUT2D eigenvalue weighted by molar-refractivity contribution is -0.121. The van der Waals surface area contributed by atoms with Crippen molar-refractivity contribution >= 4 is 91.4 Å². The highest BCUT2D eigenvalue weighted by molar-refractivity contribution is 9.11. The van der Waals surface area contributed by atoms with Gasteiger partial charge in [-0.05, 0) is 64.3 Å². The topological polar surface area (TPSA) is 249 Å². The molecule has 0 bridgehead atoms. The molecule has 324 valence electrons. The van der Waals surface area contributed by atoms with E-state index in [1.54, 1.807) is 80.3 Å². The third-order valence-electron chi connectivity index (χ3n) is 9.40. The molecule has 5 aromatic heterocycles. The maximum Gasteiger partial charge on any atom is 0.272 e. The van der Waals surface area contributed by atoms with Crippen LogP contribution in [-0.4, -0.2) is 85.8 Å². The molecule has 7 amide bonds. The number of halogens is 1. The van der Waals surface area contributed by atoms with Crippen molar-refractivity contribution in [1.82, 2.24) is 34.2 Å². The largest absolute Gasteiger partial charge is 0.355 e. The van der Waals surface area contributed by atoms with E-state index in [0.717, 1.165) is 3.79 Å². The predicted octanol–water partition coefficient (Wildman–Crippen LogP) is 3.60. The lowest BCUT2D eigenvalue weighted by atomic mass is 9.94. The fourth-order valence-electron chi connectivity index (χ4n) is 5.94. The summed E-state index contributed by atoms with van der Waals surface area (Å²) in [5, 5.41) is 19.3. The Hall–Kier alpha value is -6.45. The van der Waals surface area contributed by atoms with Crippen molar-refractivity contribution in [3.63, 3.8) is 0 Å². The van der Waals surface area contributed by atoms with Crippen LogP contribution in [-0.2, 0) is 37.8 Å². The summed E-state index contributed by atoms with van der Waals surface area (Å²) in [5.74, 6) is -2.73. The second-order valence-corrected chi connectivity index (χ2v) is 17.5. The van der Waals surface area contributed by atoms with Gasteiger partial charge in [-0.3, -0.25) is 33.6 Å². The molecule has 0 saturated heterocycles. The first-order chi connectivity index (χ1) is 28.8. The van der Waals surface area contributed by atoms with E-state index in [0.29, 0.717) is 40.7 Å². The van der Waals surface area contributed by atoms with Gasteiger partial charge in [-0.15, -0.1) is 11.3 Å². The van der Waals surface area contributed by atoms with Gasteiger partial charge in [-0.25, -0.2) is 0 Å².